The number of thioether (sulfide) groups is 1. The van der Waals surface area contributed by atoms with Crippen molar-refractivity contribution in [2.75, 3.05) is 36.9 Å². The molecule has 1 unspecified atom stereocenters. The number of benzene rings is 2. The van der Waals surface area contributed by atoms with E-state index >= 15 is 0 Å². The molecule has 2 aliphatic rings. The highest BCUT2D eigenvalue weighted by Crippen LogP contribution is 2.34. The Hall–Kier alpha value is -3.08. The van der Waals surface area contributed by atoms with Crippen molar-refractivity contribution in [3.63, 3.8) is 0 Å². The van der Waals surface area contributed by atoms with Crippen LogP contribution < -0.4 is 10.2 Å². The summed E-state index contributed by atoms with van der Waals surface area (Å²) in [5, 5.41) is 12.7. The number of rotatable bonds is 10. The summed E-state index contributed by atoms with van der Waals surface area (Å²) in [6, 6.07) is 15.0. The smallest absolute Gasteiger partial charge is 0.323 e. The SMILES string of the molecule is CCOC(=O)[C@H](CCC1CCN(C(=O)c2ccccc2)CC1)NC1CSc2ccccc2N(CC(=O)O)C1=O.Cl. The zero-order chi connectivity index (χ0) is 27.8. The highest BCUT2D eigenvalue weighted by Gasteiger charge is 2.35. The number of fused-ring (bicyclic) bond motifs is 1. The summed E-state index contributed by atoms with van der Waals surface area (Å²) >= 11 is 1.46. The summed E-state index contributed by atoms with van der Waals surface area (Å²) in [4.78, 5) is 54.7. The van der Waals surface area contributed by atoms with Crippen LogP contribution in [0.3, 0.4) is 0 Å². The molecule has 1 fully saturated rings. The molecule has 0 saturated carbocycles. The molecule has 4 rings (SSSR count). The van der Waals surface area contributed by atoms with Crippen LogP contribution in [-0.4, -0.2) is 77.8 Å². The predicted octanol–water partition coefficient (Wildman–Crippen LogP) is 3.85. The minimum atomic E-state index is -1.11. The van der Waals surface area contributed by atoms with E-state index in [4.69, 9.17) is 4.74 Å². The fourth-order valence-corrected chi connectivity index (χ4v) is 6.20. The number of carboxylic acids is 1. The normalized spacial score (nSPS) is 18.2. The van der Waals surface area contributed by atoms with Gasteiger partial charge in [-0.25, -0.2) is 0 Å². The van der Waals surface area contributed by atoms with Crippen LogP contribution in [0.25, 0.3) is 0 Å². The van der Waals surface area contributed by atoms with Crippen LogP contribution in [0, 0.1) is 5.92 Å². The lowest BCUT2D eigenvalue weighted by molar-refractivity contribution is -0.146. The van der Waals surface area contributed by atoms with Gasteiger partial charge in [-0.05, 0) is 62.8 Å². The van der Waals surface area contributed by atoms with Gasteiger partial charge in [0.25, 0.3) is 5.91 Å². The van der Waals surface area contributed by atoms with Crippen LogP contribution in [0.4, 0.5) is 5.69 Å². The van der Waals surface area contributed by atoms with E-state index in [-0.39, 0.29) is 30.8 Å². The molecule has 216 valence electrons. The molecule has 0 aromatic heterocycles. The van der Waals surface area contributed by atoms with E-state index < -0.39 is 30.6 Å². The number of esters is 1. The number of nitrogens with one attached hydrogen (secondary N) is 1. The first-order valence-corrected chi connectivity index (χ1v) is 14.4. The second-order valence-corrected chi connectivity index (χ2v) is 10.9. The number of aliphatic carboxylic acids is 1. The van der Waals surface area contributed by atoms with Crippen LogP contribution in [0.5, 0.6) is 0 Å². The predicted molar refractivity (Wildman–Crippen MR) is 156 cm³/mol. The van der Waals surface area contributed by atoms with Crippen molar-refractivity contribution < 1.29 is 29.0 Å². The zero-order valence-corrected chi connectivity index (χ0v) is 24.1. The third-order valence-electron chi connectivity index (χ3n) is 7.18. The maximum atomic E-state index is 13.5. The first-order valence-electron chi connectivity index (χ1n) is 13.4. The zero-order valence-electron chi connectivity index (χ0n) is 22.5. The van der Waals surface area contributed by atoms with Gasteiger partial charge in [0.15, 0.2) is 0 Å². The van der Waals surface area contributed by atoms with Gasteiger partial charge in [0.1, 0.15) is 12.6 Å². The van der Waals surface area contributed by atoms with Crippen LogP contribution >= 0.6 is 24.2 Å². The van der Waals surface area contributed by atoms with E-state index in [0.717, 1.165) is 24.2 Å². The van der Waals surface area contributed by atoms with Crippen molar-refractivity contribution in [3.8, 4) is 0 Å². The number of anilines is 1. The standard InChI is InChI=1S/C29H35N3O6S.ClH/c1-2-38-29(37)22(13-12-20-14-16-31(17-15-20)27(35)21-8-4-3-5-9-21)30-23-19-39-25-11-7-6-10-24(25)32(28(23)36)18-26(33)34;/h3-11,20,22-23,30H,2,12-19H2,1H3,(H,33,34);1H/t22-,23?;/m0./s1. The van der Waals surface area contributed by atoms with Gasteiger partial charge in [-0.15, -0.1) is 24.2 Å². The summed E-state index contributed by atoms with van der Waals surface area (Å²) in [6.07, 6.45) is 2.91. The van der Waals surface area contributed by atoms with E-state index in [0.29, 0.717) is 42.4 Å². The van der Waals surface area contributed by atoms with Gasteiger partial charge in [0.2, 0.25) is 5.91 Å². The molecule has 2 aromatic carbocycles. The van der Waals surface area contributed by atoms with Gasteiger partial charge in [-0.1, -0.05) is 30.3 Å². The van der Waals surface area contributed by atoms with Gasteiger partial charge in [-0.3, -0.25) is 29.4 Å². The van der Waals surface area contributed by atoms with Gasteiger partial charge in [0, 0.05) is 29.3 Å². The first kappa shape index (κ1) is 31.4. The summed E-state index contributed by atoms with van der Waals surface area (Å²) in [5.41, 5.74) is 1.25. The van der Waals surface area contributed by atoms with E-state index in [1.54, 1.807) is 19.1 Å². The van der Waals surface area contributed by atoms with E-state index in [2.05, 4.69) is 5.32 Å². The lowest BCUT2D eigenvalue weighted by atomic mass is 9.90. The van der Waals surface area contributed by atoms with Crippen molar-refractivity contribution in [1.82, 2.24) is 10.2 Å². The van der Waals surface area contributed by atoms with Crippen molar-refractivity contribution >= 4 is 53.6 Å². The van der Waals surface area contributed by atoms with Crippen LogP contribution in [-0.2, 0) is 19.1 Å². The number of hydrogen-bond acceptors (Lipinski definition) is 7. The minimum absolute atomic E-state index is 0. The van der Waals surface area contributed by atoms with Crippen LogP contribution in [0.2, 0.25) is 0 Å². The summed E-state index contributed by atoms with van der Waals surface area (Å²) in [5.74, 6) is -1.16. The first-order chi connectivity index (χ1) is 18.9. The average Bonchev–Trinajstić information content (AvgIpc) is 3.07. The molecule has 2 heterocycles. The minimum Gasteiger partial charge on any atom is -0.480 e. The molecular weight excluding hydrogens is 554 g/mol. The molecule has 40 heavy (non-hydrogen) atoms. The summed E-state index contributed by atoms with van der Waals surface area (Å²) in [6.45, 7) is 2.83. The number of halogens is 1. The lowest BCUT2D eigenvalue weighted by Gasteiger charge is -2.33. The Bertz CT molecular complexity index is 1180. The molecule has 11 heteroatoms. The molecule has 0 bridgehead atoms. The quantitative estimate of drug-likeness (QED) is 0.402. The number of amides is 2. The number of carbonyl (C=O) groups is 4. The Morgan fingerprint density at radius 2 is 1.75 bits per heavy atom. The molecule has 1 saturated heterocycles. The fraction of sp³-hybridized carbons (Fsp3) is 0.448. The van der Waals surface area contributed by atoms with Crippen molar-refractivity contribution in [1.29, 1.82) is 0 Å². The number of likely N-dealkylation sites (tertiary alicyclic amines) is 1. The number of para-hydroxylation sites is 1. The molecule has 2 aromatic rings. The van der Waals surface area contributed by atoms with Crippen molar-refractivity contribution in [2.45, 2.75) is 49.6 Å². The largest absolute Gasteiger partial charge is 0.480 e. The van der Waals surface area contributed by atoms with Crippen molar-refractivity contribution in [2.24, 2.45) is 5.92 Å². The van der Waals surface area contributed by atoms with E-state index in [1.807, 2.05) is 47.4 Å². The Morgan fingerprint density at radius 1 is 1.07 bits per heavy atom. The third-order valence-corrected chi connectivity index (χ3v) is 8.33. The molecule has 2 atom stereocenters. The van der Waals surface area contributed by atoms with E-state index in [1.165, 1.54) is 16.7 Å². The molecule has 2 N–H and O–H groups in total. The lowest BCUT2D eigenvalue weighted by Crippen LogP contribution is -2.54. The van der Waals surface area contributed by atoms with Gasteiger partial charge in [0.05, 0.1) is 18.3 Å². The Labute approximate surface area is 245 Å². The molecular formula is C29H36ClN3O6S. The molecule has 2 aliphatic heterocycles. The van der Waals surface area contributed by atoms with Crippen LogP contribution in [0.15, 0.2) is 59.5 Å². The molecule has 0 spiro atoms. The van der Waals surface area contributed by atoms with Gasteiger partial charge in [-0.2, -0.15) is 0 Å². The second-order valence-electron chi connectivity index (χ2n) is 9.80. The number of hydrogen-bond donors (Lipinski definition) is 2. The number of piperidine rings is 1. The second kappa shape index (κ2) is 15.1. The topological polar surface area (TPSA) is 116 Å². The monoisotopic (exact) mass is 589 g/mol. The summed E-state index contributed by atoms with van der Waals surface area (Å²) < 4.78 is 5.32. The number of carbonyl (C=O) groups excluding carboxylic acids is 3. The van der Waals surface area contributed by atoms with Gasteiger partial charge >= 0.3 is 11.9 Å². The Morgan fingerprint density at radius 3 is 2.42 bits per heavy atom. The maximum Gasteiger partial charge on any atom is 0.323 e. The van der Waals surface area contributed by atoms with Crippen LogP contribution in [0.1, 0.15) is 43.0 Å². The summed E-state index contributed by atoms with van der Waals surface area (Å²) in [7, 11) is 0. The molecule has 0 radical (unpaired) electrons. The molecule has 2 amide bonds. The Kier molecular flexibility index (Phi) is 11.8. The number of carboxylic acid groups (broad SMARTS) is 1. The van der Waals surface area contributed by atoms with Crippen molar-refractivity contribution in [3.05, 3.63) is 60.2 Å². The average molecular weight is 590 g/mol. The Balaban J connectivity index is 0.00000441. The highest BCUT2D eigenvalue weighted by molar-refractivity contribution is 7.99. The number of ether oxygens (including phenoxy) is 1. The third kappa shape index (κ3) is 7.99. The molecule has 0 aliphatic carbocycles. The fourth-order valence-electron chi connectivity index (χ4n) is 5.12. The highest BCUT2D eigenvalue weighted by atomic mass is 35.5. The van der Waals surface area contributed by atoms with Gasteiger partial charge < -0.3 is 14.7 Å². The number of nitrogens with zero attached hydrogens (tertiary/aromatic N) is 2. The maximum absolute atomic E-state index is 13.5. The van der Waals surface area contributed by atoms with E-state index in [9.17, 15) is 24.3 Å². The molecule has 9 nitrogen and oxygen atoms in total.